The molecule has 0 bridgehead atoms. The minimum absolute atomic E-state index is 0.114. The lowest BCUT2D eigenvalue weighted by Crippen LogP contribution is -2.43. The number of pyridine rings is 1. The minimum Gasteiger partial charge on any atom is -0.370 e. The smallest absolute Gasteiger partial charge is 0.225 e. The van der Waals surface area contributed by atoms with Gasteiger partial charge >= 0.3 is 0 Å². The van der Waals surface area contributed by atoms with Crippen LogP contribution >= 0.6 is 0 Å². The van der Waals surface area contributed by atoms with Crippen LogP contribution in [0.3, 0.4) is 0 Å². The molecule has 0 aromatic carbocycles. The predicted octanol–water partition coefficient (Wildman–Crippen LogP) is 3.27. The highest BCUT2D eigenvalue weighted by Gasteiger charge is 2.33. The molecule has 3 heterocycles. The van der Waals surface area contributed by atoms with E-state index >= 15 is 0 Å². The van der Waals surface area contributed by atoms with Crippen LogP contribution in [0.1, 0.15) is 59.3 Å². The average Bonchev–Trinajstić information content (AvgIpc) is 2.96. The monoisotopic (exact) mass is 407 g/mol. The fourth-order valence-electron chi connectivity index (χ4n) is 3.97. The zero-order chi connectivity index (χ0) is 20.4. The van der Waals surface area contributed by atoms with Crippen LogP contribution in [0.25, 0.3) is 0 Å². The van der Waals surface area contributed by atoms with Crippen molar-refractivity contribution in [1.29, 1.82) is 0 Å². The molecule has 2 saturated heterocycles. The number of rotatable bonds is 3. The molecule has 28 heavy (non-hydrogen) atoms. The molecule has 1 aromatic rings. The van der Waals surface area contributed by atoms with Crippen LogP contribution < -0.4 is 4.90 Å². The number of likely N-dealkylation sites (tertiary alicyclic amines) is 1. The third kappa shape index (κ3) is 4.50. The molecule has 0 spiro atoms. The average molecular weight is 408 g/mol. The van der Waals surface area contributed by atoms with Crippen LogP contribution in [-0.4, -0.2) is 55.1 Å². The topological polar surface area (TPSA) is 70.6 Å². The second-order valence-electron chi connectivity index (χ2n) is 8.97. The molecule has 0 unspecified atom stereocenters. The van der Waals surface area contributed by atoms with Crippen molar-refractivity contribution in [2.24, 2.45) is 5.92 Å². The van der Waals surface area contributed by atoms with Crippen molar-refractivity contribution in [3.63, 3.8) is 0 Å². The van der Waals surface area contributed by atoms with Crippen molar-refractivity contribution in [1.82, 2.24) is 9.88 Å². The zero-order valence-electron chi connectivity index (χ0n) is 17.4. The Hall–Kier alpha value is -1.63. The fourth-order valence-corrected chi connectivity index (χ4v) is 5.03. The van der Waals surface area contributed by atoms with Crippen molar-refractivity contribution in [2.45, 2.75) is 69.1 Å². The van der Waals surface area contributed by atoms with Gasteiger partial charge < -0.3 is 9.80 Å². The minimum atomic E-state index is -3.44. The maximum absolute atomic E-state index is 12.8. The molecule has 0 saturated carbocycles. The quantitative estimate of drug-likeness (QED) is 0.769. The van der Waals surface area contributed by atoms with Gasteiger partial charge in [0.2, 0.25) is 5.91 Å². The highest BCUT2D eigenvalue weighted by molar-refractivity contribution is 7.92. The molecule has 0 atom stereocenters. The summed E-state index contributed by atoms with van der Waals surface area (Å²) in [5.41, 5.74) is 0.925. The maximum Gasteiger partial charge on any atom is 0.225 e. The molecule has 3 rings (SSSR count). The van der Waals surface area contributed by atoms with Crippen molar-refractivity contribution in [2.75, 3.05) is 31.1 Å². The molecule has 156 valence electrons. The van der Waals surface area contributed by atoms with Crippen LogP contribution in [-0.2, 0) is 14.6 Å². The molecule has 1 aromatic heterocycles. The number of hydrogen-bond donors (Lipinski definition) is 0. The van der Waals surface area contributed by atoms with Crippen molar-refractivity contribution >= 4 is 21.4 Å². The Bertz CT molecular complexity index is 768. The van der Waals surface area contributed by atoms with Crippen molar-refractivity contribution in [3.05, 3.63) is 18.3 Å². The van der Waals surface area contributed by atoms with Gasteiger partial charge in [0, 0.05) is 32.1 Å². The number of carbonyl (C=O) groups excluding carboxylic acids is 1. The second-order valence-corrected chi connectivity index (χ2v) is 11.6. The lowest BCUT2D eigenvalue weighted by atomic mass is 9.95. The largest absolute Gasteiger partial charge is 0.370 e. The first-order valence-electron chi connectivity index (χ1n) is 10.4. The Kier molecular flexibility index (Phi) is 6.32. The van der Waals surface area contributed by atoms with Gasteiger partial charge in [0.25, 0.3) is 0 Å². The summed E-state index contributed by atoms with van der Waals surface area (Å²) >= 11 is 0. The van der Waals surface area contributed by atoms with Crippen LogP contribution in [0.15, 0.2) is 23.4 Å². The van der Waals surface area contributed by atoms with Crippen molar-refractivity contribution < 1.29 is 13.2 Å². The summed E-state index contributed by atoms with van der Waals surface area (Å²) in [7, 11) is -3.44. The molecule has 1 amide bonds. The Morgan fingerprint density at radius 2 is 1.61 bits per heavy atom. The maximum atomic E-state index is 12.8. The molecule has 2 aliphatic heterocycles. The zero-order valence-corrected chi connectivity index (χ0v) is 18.2. The molecule has 0 radical (unpaired) electrons. The highest BCUT2D eigenvalue weighted by Crippen LogP contribution is 2.28. The Labute approximate surface area is 169 Å². The number of hydrogen-bond acceptors (Lipinski definition) is 5. The molecule has 6 nitrogen and oxygen atoms in total. The van der Waals surface area contributed by atoms with Gasteiger partial charge in [-0.05, 0) is 58.6 Å². The van der Waals surface area contributed by atoms with E-state index in [1.807, 2.05) is 6.07 Å². The summed E-state index contributed by atoms with van der Waals surface area (Å²) in [4.78, 5) is 21.3. The van der Waals surface area contributed by atoms with E-state index in [1.165, 1.54) is 12.8 Å². The van der Waals surface area contributed by atoms with Gasteiger partial charge in [0.05, 0.1) is 16.6 Å². The van der Waals surface area contributed by atoms with Gasteiger partial charge in [-0.15, -0.1) is 0 Å². The lowest BCUT2D eigenvalue weighted by molar-refractivity contribution is -0.136. The summed E-state index contributed by atoms with van der Waals surface area (Å²) in [5.74, 6) is 0.439. The Morgan fingerprint density at radius 3 is 2.11 bits per heavy atom. The Morgan fingerprint density at radius 1 is 1.00 bits per heavy atom. The van der Waals surface area contributed by atoms with Gasteiger partial charge in [-0.2, -0.15) is 0 Å². The lowest BCUT2D eigenvalue weighted by Gasteiger charge is -2.35. The third-order valence-corrected chi connectivity index (χ3v) is 8.33. The van der Waals surface area contributed by atoms with E-state index in [4.69, 9.17) is 0 Å². The molecule has 0 aliphatic carbocycles. The Balaban J connectivity index is 1.60. The van der Waals surface area contributed by atoms with Crippen LogP contribution in [0.2, 0.25) is 0 Å². The van der Waals surface area contributed by atoms with Crippen molar-refractivity contribution in [3.8, 4) is 0 Å². The van der Waals surface area contributed by atoms with E-state index in [0.717, 1.165) is 57.5 Å². The number of aromatic nitrogens is 1. The van der Waals surface area contributed by atoms with E-state index < -0.39 is 14.6 Å². The number of sulfone groups is 1. The number of piperidine rings is 1. The van der Waals surface area contributed by atoms with Crippen LogP contribution in [0, 0.1) is 5.92 Å². The van der Waals surface area contributed by atoms with Crippen LogP contribution in [0.4, 0.5) is 5.69 Å². The SMILES string of the molecule is CC(C)(C)S(=O)(=O)c1ccc(N2CCC(C(=O)N3CCCCCC3)CC2)cn1. The normalized spacial score (nSPS) is 20.1. The summed E-state index contributed by atoms with van der Waals surface area (Å²) in [5, 5.41) is 0.120. The first-order chi connectivity index (χ1) is 13.2. The van der Waals surface area contributed by atoms with Gasteiger partial charge in [-0.1, -0.05) is 12.8 Å². The van der Waals surface area contributed by atoms with Crippen LogP contribution in [0.5, 0.6) is 0 Å². The summed E-state index contributed by atoms with van der Waals surface area (Å²) in [6.07, 6.45) is 8.05. The number of anilines is 1. The molecule has 7 heteroatoms. The number of amides is 1. The van der Waals surface area contributed by atoms with Gasteiger partial charge in [0.1, 0.15) is 0 Å². The summed E-state index contributed by atoms with van der Waals surface area (Å²) < 4.78 is 24.2. The summed E-state index contributed by atoms with van der Waals surface area (Å²) in [6, 6.07) is 3.44. The first-order valence-corrected chi connectivity index (χ1v) is 11.9. The number of nitrogens with zero attached hydrogens (tertiary/aromatic N) is 3. The molecule has 2 aliphatic rings. The second kappa shape index (κ2) is 8.39. The van der Waals surface area contributed by atoms with Gasteiger partial charge in [-0.25, -0.2) is 13.4 Å². The molecular formula is C21H33N3O3S. The summed E-state index contributed by atoms with van der Waals surface area (Å²) in [6.45, 7) is 8.48. The molecular weight excluding hydrogens is 374 g/mol. The predicted molar refractivity (Wildman–Crippen MR) is 111 cm³/mol. The van der Waals surface area contributed by atoms with E-state index in [9.17, 15) is 13.2 Å². The van der Waals surface area contributed by atoms with Gasteiger partial charge in [-0.3, -0.25) is 4.79 Å². The fraction of sp³-hybridized carbons (Fsp3) is 0.714. The van der Waals surface area contributed by atoms with E-state index in [-0.39, 0.29) is 10.9 Å². The number of carbonyl (C=O) groups is 1. The molecule has 0 N–H and O–H groups in total. The third-order valence-electron chi connectivity index (χ3n) is 5.93. The van der Waals surface area contributed by atoms with E-state index in [0.29, 0.717) is 5.91 Å². The molecule has 2 fully saturated rings. The van der Waals surface area contributed by atoms with Gasteiger partial charge in [0.15, 0.2) is 14.9 Å². The standard InChI is InChI=1S/C21H33N3O3S/c1-21(2,3)28(26,27)19-9-8-18(16-22-19)23-14-10-17(11-15-23)20(25)24-12-6-4-5-7-13-24/h8-9,16-17H,4-7,10-15H2,1-3H3. The first kappa shape index (κ1) is 21.1. The highest BCUT2D eigenvalue weighted by atomic mass is 32.2. The van der Waals surface area contributed by atoms with E-state index in [2.05, 4.69) is 14.8 Å². The van der Waals surface area contributed by atoms with E-state index in [1.54, 1.807) is 33.0 Å².